The molecule has 0 unspecified atom stereocenters. The Kier molecular flexibility index (Phi) is 4.57. The number of aromatic nitrogens is 2. The van der Waals surface area contributed by atoms with Crippen molar-refractivity contribution in [2.45, 2.75) is 33.1 Å². The Morgan fingerprint density at radius 1 is 1.38 bits per heavy atom. The second-order valence-corrected chi connectivity index (χ2v) is 6.66. The van der Waals surface area contributed by atoms with E-state index in [1.165, 1.54) is 16.9 Å². The molecule has 5 nitrogen and oxygen atoms in total. The van der Waals surface area contributed by atoms with Crippen molar-refractivity contribution in [3.05, 3.63) is 34.8 Å². The molecule has 2 aromatic rings. The predicted octanol–water partition coefficient (Wildman–Crippen LogP) is 3.16. The predicted molar refractivity (Wildman–Crippen MR) is 83.9 cm³/mol. The maximum Gasteiger partial charge on any atom is 0.264 e. The highest BCUT2D eigenvalue weighted by Crippen LogP contribution is 2.32. The highest BCUT2D eigenvalue weighted by atomic mass is 32.1. The third-order valence-electron chi connectivity index (χ3n) is 2.91. The Hall–Kier alpha value is -1.95. The number of ether oxygens (including phenoxy) is 1. The van der Waals surface area contributed by atoms with Crippen LogP contribution < -0.4 is 10.1 Å². The van der Waals surface area contributed by atoms with E-state index in [0.29, 0.717) is 5.13 Å². The molecule has 2 rings (SSSR count). The fourth-order valence-electron chi connectivity index (χ4n) is 1.88. The monoisotopic (exact) mass is 305 g/mol. The maximum absolute atomic E-state index is 11.8. The maximum atomic E-state index is 11.8. The molecule has 0 saturated carbocycles. The quantitative estimate of drug-likeness (QED) is 0.942. The van der Waals surface area contributed by atoms with Gasteiger partial charge in [0, 0.05) is 0 Å². The van der Waals surface area contributed by atoms with E-state index in [-0.39, 0.29) is 17.9 Å². The SMILES string of the molecule is Cc1ccc(OCC(=O)Nc2nncs2)c(C(C)(C)C)c1. The number of anilines is 1. The first kappa shape index (κ1) is 15.4. The number of nitrogens with one attached hydrogen (secondary N) is 1. The topological polar surface area (TPSA) is 64.1 Å². The first-order valence-corrected chi connectivity index (χ1v) is 7.54. The molecule has 0 fully saturated rings. The molecule has 1 heterocycles. The Morgan fingerprint density at radius 2 is 2.14 bits per heavy atom. The van der Waals surface area contributed by atoms with Gasteiger partial charge in [-0.15, -0.1) is 10.2 Å². The van der Waals surface area contributed by atoms with Gasteiger partial charge in [0.1, 0.15) is 11.3 Å². The summed E-state index contributed by atoms with van der Waals surface area (Å²) in [5.74, 6) is 0.493. The molecule has 0 aliphatic rings. The summed E-state index contributed by atoms with van der Waals surface area (Å²) < 4.78 is 5.67. The number of hydrogen-bond acceptors (Lipinski definition) is 5. The Balaban J connectivity index is 2.04. The first-order chi connectivity index (χ1) is 9.86. The number of carbonyl (C=O) groups is 1. The molecule has 1 amide bonds. The molecule has 0 aliphatic carbocycles. The van der Waals surface area contributed by atoms with E-state index in [1.807, 2.05) is 19.1 Å². The first-order valence-electron chi connectivity index (χ1n) is 6.66. The molecular formula is C15H19N3O2S. The fraction of sp³-hybridized carbons (Fsp3) is 0.400. The smallest absolute Gasteiger partial charge is 0.264 e. The van der Waals surface area contributed by atoms with Crippen LogP contribution in [0.15, 0.2) is 23.7 Å². The molecule has 21 heavy (non-hydrogen) atoms. The number of nitrogens with zero attached hydrogens (tertiary/aromatic N) is 2. The summed E-state index contributed by atoms with van der Waals surface area (Å²) in [7, 11) is 0. The van der Waals surface area contributed by atoms with Crippen LogP contribution in [0.1, 0.15) is 31.9 Å². The van der Waals surface area contributed by atoms with E-state index in [9.17, 15) is 4.79 Å². The van der Waals surface area contributed by atoms with Crippen molar-refractivity contribution in [2.75, 3.05) is 11.9 Å². The molecule has 6 heteroatoms. The highest BCUT2D eigenvalue weighted by Gasteiger charge is 2.19. The standard InChI is InChI=1S/C15H19N3O2S/c1-10-5-6-12(11(7-10)15(2,3)4)20-8-13(19)17-14-18-16-9-21-14/h5-7,9H,8H2,1-4H3,(H,17,18,19). The second-order valence-electron chi connectivity index (χ2n) is 5.83. The van der Waals surface area contributed by atoms with Gasteiger partial charge in [-0.2, -0.15) is 0 Å². The zero-order valence-electron chi connectivity index (χ0n) is 12.6. The van der Waals surface area contributed by atoms with Gasteiger partial charge in [0.05, 0.1) is 0 Å². The van der Waals surface area contributed by atoms with Crippen LogP contribution in [0, 0.1) is 6.92 Å². The van der Waals surface area contributed by atoms with E-state index in [1.54, 1.807) is 5.51 Å². The van der Waals surface area contributed by atoms with Crippen molar-refractivity contribution >= 4 is 22.4 Å². The number of rotatable bonds is 4. The lowest BCUT2D eigenvalue weighted by Gasteiger charge is -2.23. The number of benzene rings is 1. The van der Waals surface area contributed by atoms with Crippen LogP contribution in [0.2, 0.25) is 0 Å². The molecule has 1 N–H and O–H groups in total. The van der Waals surface area contributed by atoms with Gasteiger partial charge in [-0.25, -0.2) is 0 Å². The Morgan fingerprint density at radius 3 is 2.76 bits per heavy atom. The van der Waals surface area contributed by atoms with Crippen molar-refractivity contribution < 1.29 is 9.53 Å². The lowest BCUT2D eigenvalue weighted by Crippen LogP contribution is -2.22. The normalized spacial score (nSPS) is 11.2. The Labute approximate surface area is 128 Å². The summed E-state index contributed by atoms with van der Waals surface area (Å²) in [5, 5.41) is 10.5. The zero-order chi connectivity index (χ0) is 15.5. The van der Waals surface area contributed by atoms with Crippen LogP contribution in [-0.2, 0) is 10.2 Å². The van der Waals surface area contributed by atoms with Crippen LogP contribution >= 0.6 is 11.3 Å². The summed E-state index contributed by atoms with van der Waals surface area (Å²) in [5.41, 5.74) is 3.78. The van der Waals surface area contributed by atoms with Gasteiger partial charge >= 0.3 is 0 Å². The average molecular weight is 305 g/mol. The van der Waals surface area contributed by atoms with Crippen LogP contribution in [0.5, 0.6) is 5.75 Å². The number of aryl methyl sites for hydroxylation is 1. The van der Waals surface area contributed by atoms with E-state index >= 15 is 0 Å². The largest absolute Gasteiger partial charge is 0.483 e. The van der Waals surface area contributed by atoms with Crippen LogP contribution in [0.3, 0.4) is 0 Å². The van der Waals surface area contributed by atoms with Crippen molar-refractivity contribution in [1.82, 2.24) is 10.2 Å². The molecule has 0 saturated heterocycles. The molecule has 112 valence electrons. The van der Waals surface area contributed by atoms with Crippen molar-refractivity contribution in [2.24, 2.45) is 0 Å². The third-order valence-corrected chi connectivity index (χ3v) is 3.51. The Bertz CT molecular complexity index is 618. The van der Waals surface area contributed by atoms with Crippen molar-refractivity contribution in [1.29, 1.82) is 0 Å². The van der Waals surface area contributed by atoms with Crippen LogP contribution in [0.4, 0.5) is 5.13 Å². The molecular weight excluding hydrogens is 286 g/mol. The minimum absolute atomic E-state index is 0.0446. The summed E-state index contributed by atoms with van der Waals surface area (Å²) in [4.78, 5) is 11.8. The summed E-state index contributed by atoms with van der Waals surface area (Å²) in [6, 6.07) is 5.99. The minimum Gasteiger partial charge on any atom is -0.483 e. The summed E-state index contributed by atoms with van der Waals surface area (Å²) in [6.07, 6.45) is 0. The van der Waals surface area contributed by atoms with E-state index in [4.69, 9.17) is 4.74 Å². The third kappa shape index (κ3) is 4.26. The van der Waals surface area contributed by atoms with Gasteiger partial charge < -0.3 is 4.74 Å². The zero-order valence-corrected chi connectivity index (χ0v) is 13.5. The molecule has 1 aromatic carbocycles. The molecule has 0 radical (unpaired) electrons. The van der Waals surface area contributed by atoms with Crippen LogP contribution in [0.25, 0.3) is 0 Å². The van der Waals surface area contributed by atoms with E-state index < -0.39 is 0 Å². The molecule has 0 aliphatic heterocycles. The van der Waals surface area contributed by atoms with Gasteiger partial charge in [0.25, 0.3) is 5.91 Å². The molecule has 0 spiro atoms. The average Bonchev–Trinajstić information content (AvgIpc) is 2.89. The van der Waals surface area contributed by atoms with Crippen molar-refractivity contribution in [3.8, 4) is 5.75 Å². The lowest BCUT2D eigenvalue weighted by atomic mass is 9.85. The van der Waals surface area contributed by atoms with Gasteiger partial charge in [-0.1, -0.05) is 49.8 Å². The molecule has 0 bridgehead atoms. The van der Waals surface area contributed by atoms with E-state index in [2.05, 4.69) is 42.4 Å². The minimum atomic E-state index is -0.243. The summed E-state index contributed by atoms with van der Waals surface area (Å²) in [6.45, 7) is 8.36. The van der Waals surface area contributed by atoms with Gasteiger partial charge in [0.2, 0.25) is 5.13 Å². The number of amides is 1. The van der Waals surface area contributed by atoms with Gasteiger partial charge in [-0.05, 0) is 24.0 Å². The van der Waals surface area contributed by atoms with E-state index in [0.717, 1.165) is 11.3 Å². The summed E-state index contributed by atoms with van der Waals surface area (Å²) >= 11 is 1.27. The lowest BCUT2D eigenvalue weighted by molar-refractivity contribution is -0.118. The number of carbonyl (C=O) groups excluding carboxylic acids is 1. The van der Waals surface area contributed by atoms with Gasteiger partial charge in [0.15, 0.2) is 6.61 Å². The van der Waals surface area contributed by atoms with Gasteiger partial charge in [-0.3, -0.25) is 10.1 Å². The van der Waals surface area contributed by atoms with Crippen molar-refractivity contribution in [3.63, 3.8) is 0 Å². The van der Waals surface area contributed by atoms with Crippen LogP contribution in [-0.4, -0.2) is 22.7 Å². The fourth-order valence-corrected chi connectivity index (χ4v) is 2.34. The highest BCUT2D eigenvalue weighted by molar-refractivity contribution is 7.13. The second kappa shape index (κ2) is 6.22. The molecule has 1 aromatic heterocycles. The molecule has 0 atom stereocenters. The number of hydrogen-bond donors (Lipinski definition) is 1.